The molecular weight excluding hydrogens is 437 g/mol. The fourth-order valence-electron chi connectivity index (χ4n) is 3.22. The van der Waals surface area contributed by atoms with E-state index in [1.54, 1.807) is 18.2 Å². The van der Waals surface area contributed by atoms with E-state index in [2.05, 4.69) is 30.8 Å². The fraction of sp³-hybridized carbons (Fsp3) is 0.217. The minimum absolute atomic E-state index is 0.00915. The third-order valence-corrected chi connectivity index (χ3v) is 5.57. The van der Waals surface area contributed by atoms with Crippen LogP contribution >= 0.6 is 23.2 Å². The Hall–Kier alpha value is -2.96. The van der Waals surface area contributed by atoms with E-state index in [1.165, 1.54) is 12.1 Å². The zero-order valence-corrected chi connectivity index (χ0v) is 18.8. The molecule has 1 heterocycles. The zero-order chi connectivity index (χ0) is 22.5. The Morgan fingerprint density at radius 1 is 1.10 bits per heavy atom. The Kier molecular flexibility index (Phi) is 7.25. The van der Waals surface area contributed by atoms with Crippen LogP contribution in [-0.4, -0.2) is 31.5 Å². The maximum Gasteiger partial charge on any atom is 0.282 e. The number of anilines is 2. The first kappa shape index (κ1) is 22.7. The van der Waals surface area contributed by atoms with Crippen LogP contribution in [0.4, 0.5) is 11.4 Å². The van der Waals surface area contributed by atoms with Gasteiger partial charge < -0.3 is 9.64 Å². The SMILES string of the molecule is C=CCOc1cc(N(CC)CC)ccc1C=C1C(=O)NN(c2ccc(Cl)c(Cl)c2)C1=O. The number of nitrogens with zero attached hydrogens (tertiary/aromatic N) is 2. The van der Waals surface area contributed by atoms with Crippen molar-refractivity contribution in [2.24, 2.45) is 0 Å². The molecule has 0 unspecified atom stereocenters. The van der Waals surface area contributed by atoms with Gasteiger partial charge in [0.1, 0.15) is 17.9 Å². The van der Waals surface area contributed by atoms with Crippen molar-refractivity contribution in [2.45, 2.75) is 13.8 Å². The number of rotatable bonds is 8. The number of hydrogen-bond acceptors (Lipinski definition) is 4. The van der Waals surface area contributed by atoms with Crippen LogP contribution in [0.1, 0.15) is 19.4 Å². The lowest BCUT2D eigenvalue weighted by atomic mass is 10.1. The van der Waals surface area contributed by atoms with E-state index in [0.29, 0.717) is 28.6 Å². The topological polar surface area (TPSA) is 61.9 Å². The van der Waals surface area contributed by atoms with Gasteiger partial charge in [0.15, 0.2) is 0 Å². The number of halogens is 2. The minimum Gasteiger partial charge on any atom is -0.489 e. The van der Waals surface area contributed by atoms with Crippen LogP contribution < -0.4 is 20.1 Å². The molecule has 1 aliphatic heterocycles. The predicted octanol–water partition coefficient (Wildman–Crippen LogP) is 4.87. The average molecular weight is 460 g/mol. The Balaban J connectivity index is 1.97. The highest BCUT2D eigenvalue weighted by Crippen LogP contribution is 2.31. The van der Waals surface area contributed by atoms with E-state index >= 15 is 0 Å². The smallest absolute Gasteiger partial charge is 0.282 e. The molecule has 0 aromatic heterocycles. The normalized spacial score (nSPS) is 14.7. The van der Waals surface area contributed by atoms with Crippen molar-refractivity contribution in [3.63, 3.8) is 0 Å². The quantitative estimate of drug-likeness (QED) is 0.347. The maximum absolute atomic E-state index is 12.9. The number of amides is 2. The van der Waals surface area contributed by atoms with Gasteiger partial charge in [-0.15, -0.1) is 0 Å². The molecule has 31 heavy (non-hydrogen) atoms. The van der Waals surface area contributed by atoms with Crippen molar-refractivity contribution in [2.75, 3.05) is 29.6 Å². The highest BCUT2D eigenvalue weighted by atomic mass is 35.5. The zero-order valence-electron chi connectivity index (χ0n) is 17.3. The number of carbonyl (C=O) groups excluding carboxylic acids is 2. The lowest BCUT2D eigenvalue weighted by Crippen LogP contribution is -2.35. The summed E-state index contributed by atoms with van der Waals surface area (Å²) in [7, 11) is 0. The van der Waals surface area contributed by atoms with Gasteiger partial charge in [0.25, 0.3) is 11.8 Å². The first-order valence-electron chi connectivity index (χ1n) is 9.84. The van der Waals surface area contributed by atoms with Crippen LogP contribution in [0, 0.1) is 0 Å². The lowest BCUT2D eigenvalue weighted by molar-refractivity contribution is -0.117. The largest absolute Gasteiger partial charge is 0.489 e. The number of carbonyl (C=O) groups is 2. The Labute approximate surface area is 191 Å². The summed E-state index contributed by atoms with van der Waals surface area (Å²) in [5.74, 6) is -0.449. The van der Waals surface area contributed by atoms with Crippen LogP contribution in [0.3, 0.4) is 0 Å². The van der Waals surface area contributed by atoms with Crippen molar-refractivity contribution in [3.8, 4) is 5.75 Å². The maximum atomic E-state index is 12.9. The molecule has 162 valence electrons. The van der Waals surface area contributed by atoms with Gasteiger partial charge in [-0.25, -0.2) is 5.01 Å². The van der Waals surface area contributed by atoms with Gasteiger partial charge >= 0.3 is 0 Å². The molecule has 1 saturated heterocycles. The van der Waals surface area contributed by atoms with E-state index in [9.17, 15) is 9.59 Å². The van der Waals surface area contributed by atoms with E-state index in [4.69, 9.17) is 27.9 Å². The second kappa shape index (κ2) is 9.90. The molecule has 8 heteroatoms. The molecule has 3 rings (SSSR count). The van der Waals surface area contributed by atoms with Crippen molar-refractivity contribution < 1.29 is 14.3 Å². The van der Waals surface area contributed by atoms with Gasteiger partial charge in [0.05, 0.1) is 15.7 Å². The molecular formula is C23H23Cl2N3O3. The summed E-state index contributed by atoms with van der Waals surface area (Å²) < 4.78 is 5.81. The van der Waals surface area contributed by atoms with Crippen molar-refractivity contribution in [1.82, 2.24) is 5.43 Å². The summed E-state index contributed by atoms with van der Waals surface area (Å²) in [6, 6.07) is 10.4. The lowest BCUT2D eigenvalue weighted by Gasteiger charge is -2.22. The summed E-state index contributed by atoms with van der Waals surface area (Å²) in [5, 5.41) is 1.78. The second-order valence-corrected chi connectivity index (χ2v) is 7.55. The molecule has 0 bridgehead atoms. The molecule has 2 amide bonds. The van der Waals surface area contributed by atoms with E-state index in [0.717, 1.165) is 23.8 Å². The fourth-order valence-corrected chi connectivity index (χ4v) is 3.51. The van der Waals surface area contributed by atoms with Crippen LogP contribution in [0.15, 0.2) is 54.6 Å². The highest BCUT2D eigenvalue weighted by Gasteiger charge is 2.35. The van der Waals surface area contributed by atoms with Crippen molar-refractivity contribution >= 4 is 52.5 Å². The number of ether oxygens (including phenoxy) is 1. The summed E-state index contributed by atoms with van der Waals surface area (Å²) >= 11 is 12.0. The Morgan fingerprint density at radius 3 is 2.48 bits per heavy atom. The molecule has 0 spiro atoms. The number of nitrogens with one attached hydrogen (secondary N) is 1. The molecule has 0 aliphatic carbocycles. The molecule has 1 fully saturated rings. The average Bonchev–Trinajstić information content (AvgIpc) is 3.04. The molecule has 2 aromatic rings. The van der Waals surface area contributed by atoms with Gasteiger partial charge in [0.2, 0.25) is 0 Å². The first-order chi connectivity index (χ1) is 14.9. The van der Waals surface area contributed by atoms with Crippen molar-refractivity contribution in [1.29, 1.82) is 0 Å². The summed E-state index contributed by atoms with van der Waals surface area (Å²) in [5.41, 5.74) is 4.57. The van der Waals surface area contributed by atoms with Crippen LogP contribution in [0.25, 0.3) is 6.08 Å². The first-order valence-corrected chi connectivity index (χ1v) is 10.6. The third kappa shape index (κ3) is 4.86. The van der Waals surface area contributed by atoms with Crippen LogP contribution in [-0.2, 0) is 9.59 Å². The molecule has 0 saturated carbocycles. The number of hydrogen-bond donors (Lipinski definition) is 1. The van der Waals surface area contributed by atoms with Gasteiger partial charge in [-0.2, -0.15) is 0 Å². The summed E-state index contributed by atoms with van der Waals surface area (Å²) in [6.07, 6.45) is 3.17. The Morgan fingerprint density at radius 2 is 1.84 bits per heavy atom. The monoisotopic (exact) mass is 459 g/mol. The Bertz CT molecular complexity index is 1050. The van der Waals surface area contributed by atoms with E-state index in [1.807, 2.05) is 18.2 Å². The molecule has 0 radical (unpaired) electrons. The second-order valence-electron chi connectivity index (χ2n) is 6.73. The van der Waals surface area contributed by atoms with Crippen LogP contribution in [0.5, 0.6) is 5.75 Å². The third-order valence-electron chi connectivity index (χ3n) is 4.84. The standard InChI is InChI=1S/C23H23Cl2N3O3/c1-4-11-31-21-14-16(27(5-2)6-3)8-7-15(21)12-18-22(29)26-28(23(18)30)17-9-10-19(24)20(25)13-17/h4,7-10,12-14H,1,5-6,11H2,2-3H3,(H,26,29). The predicted molar refractivity (Wildman–Crippen MR) is 126 cm³/mol. The van der Waals surface area contributed by atoms with E-state index < -0.39 is 11.8 Å². The number of benzene rings is 2. The molecule has 1 N–H and O–H groups in total. The van der Waals surface area contributed by atoms with E-state index in [-0.39, 0.29) is 10.6 Å². The van der Waals surface area contributed by atoms with Gasteiger partial charge in [-0.1, -0.05) is 35.9 Å². The van der Waals surface area contributed by atoms with Crippen molar-refractivity contribution in [3.05, 3.63) is 70.2 Å². The van der Waals surface area contributed by atoms with Gasteiger partial charge in [-0.05, 0) is 50.3 Å². The number of hydrazine groups is 1. The minimum atomic E-state index is -0.515. The summed E-state index contributed by atoms with van der Waals surface area (Å²) in [6.45, 7) is 9.82. The highest BCUT2D eigenvalue weighted by molar-refractivity contribution is 6.42. The van der Waals surface area contributed by atoms with Gasteiger partial charge in [-0.3, -0.25) is 15.0 Å². The molecule has 2 aromatic carbocycles. The molecule has 0 atom stereocenters. The molecule has 6 nitrogen and oxygen atoms in total. The summed E-state index contributed by atoms with van der Waals surface area (Å²) in [4.78, 5) is 27.7. The van der Waals surface area contributed by atoms with Gasteiger partial charge in [0, 0.05) is 30.4 Å². The molecule has 1 aliphatic rings. The van der Waals surface area contributed by atoms with Crippen LogP contribution in [0.2, 0.25) is 10.0 Å².